The van der Waals surface area contributed by atoms with E-state index in [0.29, 0.717) is 0 Å². The minimum atomic E-state index is -0.219. The topological polar surface area (TPSA) is 50.9 Å². The lowest BCUT2D eigenvalue weighted by Crippen LogP contribution is -2.24. The highest BCUT2D eigenvalue weighted by Crippen LogP contribution is 2.21. The van der Waals surface area contributed by atoms with Crippen LogP contribution < -0.4 is 11.1 Å². The van der Waals surface area contributed by atoms with E-state index in [0.717, 1.165) is 36.2 Å². The van der Waals surface area contributed by atoms with Gasteiger partial charge >= 0.3 is 0 Å². The molecule has 4 heteroatoms. The molecule has 0 saturated carbocycles. The van der Waals surface area contributed by atoms with E-state index in [1.54, 1.807) is 18.5 Å². The van der Waals surface area contributed by atoms with Gasteiger partial charge in [-0.25, -0.2) is 4.39 Å². The molecule has 106 valence electrons. The van der Waals surface area contributed by atoms with Crippen molar-refractivity contribution in [1.29, 1.82) is 0 Å². The highest BCUT2D eigenvalue weighted by molar-refractivity contribution is 5.45. The van der Waals surface area contributed by atoms with Crippen molar-refractivity contribution in [1.82, 2.24) is 10.3 Å². The zero-order valence-electron chi connectivity index (χ0n) is 11.6. The second-order valence-corrected chi connectivity index (χ2v) is 4.84. The molecule has 0 aliphatic rings. The van der Waals surface area contributed by atoms with Crippen molar-refractivity contribution in [3.63, 3.8) is 0 Å². The summed E-state index contributed by atoms with van der Waals surface area (Å²) in [6.07, 6.45) is 5.26. The fraction of sp³-hybridized carbons (Fsp3) is 0.312. The minimum Gasteiger partial charge on any atom is -0.398 e. The van der Waals surface area contributed by atoms with E-state index in [2.05, 4.69) is 17.2 Å². The molecule has 1 aromatic carbocycles. The Kier molecular flexibility index (Phi) is 5.07. The molecular weight excluding hydrogens is 253 g/mol. The average Bonchev–Trinajstić information content (AvgIpc) is 2.46. The van der Waals surface area contributed by atoms with Crippen LogP contribution in [-0.4, -0.2) is 11.5 Å². The van der Waals surface area contributed by atoms with E-state index in [4.69, 9.17) is 5.73 Å². The Morgan fingerprint density at radius 1 is 1.25 bits per heavy atom. The van der Waals surface area contributed by atoms with Gasteiger partial charge in [-0.15, -0.1) is 0 Å². The molecule has 2 rings (SSSR count). The second-order valence-electron chi connectivity index (χ2n) is 4.84. The first kappa shape index (κ1) is 14.5. The Morgan fingerprint density at radius 2 is 2.00 bits per heavy atom. The molecule has 0 fully saturated rings. The monoisotopic (exact) mass is 273 g/mol. The number of benzene rings is 1. The van der Waals surface area contributed by atoms with E-state index in [-0.39, 0.29) is 11.9 Å². The molecule has 0 amide bonds. The van der Waals surface area contributed by atoms with Crippen LogP contribution in [0.15, 0.2) is 42.7 Å². The third-order valence-electron chi connectivity index (χ3n) is 3.28. The van der Waals surface area contributed by atoms with Crippen molar-refractivity contribution in [2.24, 2.45) is 0 Å². The Labute approximate surface area is 119 Å². The predicted molar refractivity (Wildman–Crippen MR) is 79.8 cm³/mol. The maximum Gasteiger partial charge on any atom is 0.123 e. The molecule has 0 saturated heterocycles. The number of rotatable bonds is 6. The molecule has 1 heterocycles. The van der Waals surface area contributed by atoms with Crippen LogP contribution in [0.1, 0.15) is 30.5 Å². The fourth-order valence-electron chi connectivity index (χ4n) is 2.15. The lowest BCUT2D eigenvalue weighted by Gasteiger charge is -2.20. The first-order valence-electron chi connectivity index (χ1n) is 6.88. The summed E-state index contributed by atoms with van der Waals surface area (Å²) in [6, 6.07) is 8.52. The molecule has 0 radical (unpaired) electrons. The van der Waals surface area contributed by atoms with Crippen molar-refractivity contribution in [2.75, 3.05) is 12.3 Å². The fourth-order valence-corrected chi connectivity index (χ4v) is 2.15. The van der Waals surface area contributed by atoms with Gasteiger partial charge in [0.25, 0.3) is 0 Å². The molecular formula is C16H20FN3. The summed E-state index contributed by atoms with van der Waals surface area (Å²) < 4.78 is 13.0. The van der Waals surface area contributed by atoms with Crippen molar-refractivity contribution < 1.29 is 4.39 Å². The Hall–Kier alpha value is -1.94. The van der Waals surface area contributed by atoms with Crippen LogP contribution >= 0.6 is 0 Å². The number of hydrogen-bond acceptors (Lipinski definition) is 3. The summed E-state index contributed by atoms with van der Waals surface area (Å²) in [7, 11) is 0. The number of halogens is 1. The van der Waals surface area contributed by atoms with Crippen LogP contribution in [-0.2, 0) is 6.42 Å². The second kappa shape index (κ2) is 7.01. The van der Waals surface area contributed by atoms with Crippen molar-refractivity contribution >= 4 is 5.69 Å². The number of nitrogens with zero attached hydrogens (tertiary/aromatic N) is 1. The number of nitrogens with one attached hydrogen (secondary N) is 1. The number of nitrogen functional groups attached to an aromatic ring is 1. The lowest BCUT2D eigenvalue weighted by atomic mass is 9.99. The van der Waals surface area contributed by atoms with Crippen molar-refractivity contribution in [3.05, 3.63) is 59.7 Å². The standard InChI is InChI=1S/C16H20FN3/c1-2-8-20-16(12-3-5-14(17)6-4-12)10-13-11-19-9-7-15(13)18/h3-7,9,11,16,20H,2,8,10H2,1H3,(H2,18,19). The first-order valence-corrected chi connectivity index (χ1v) is 6.88. The van der Waals surface area contributed by atoms with Gasteiger partial charge < -0.3 is 11.1 Å². The predicted octanol–water partition coefficient (Wildman–Crippen LogP) is 3.09. The minimum absolute atomic E-state index is 0.113. The van der Waals surface area contributed by atoms with Gasteiger partial charge in [0, 0.05) is 24.1 Å². The molecule has 2 aromatic rings. The summed E-state index contributed by atoms with van der Waals surface area (Å²) in [6.45, 7) is 3.02. The summed E-state index contributed by atoms with van der Waals surface area (Å²) in [5, 5.41) is 3.48. The van der Waals surface area contributed by atoms with E-state index < -0.39 is 0 Å². The Bertz CT molecular complexity index is 540. The third kappa shape index (κ3) is 3.78. The molecule has 0 aliphatic heterocycles. The van der Waals surface area contributed by atoms with E-state index in [9.17, 15) is 4.39 Å². The third-order valence-corrected chi connectivity index (χ3v) is 3.28. The SMILES string of the molecule is CCCNC(Cc1cnccc1N)c1ccc(F)cc1. The highest BCUT2D eigenvalue weighted by Gasteiger charge is 2.13. The zero-order chi connectivity index (χ0) is 14.4. The van der Waals surface area contributed by atoms with Crippen molar-refractivity contribution in [3.8, 4) is 0 Å². The average molecular weight is 273 g/mol. The van der Waals surface area contributed by atoms with E-state index in [1.807, 2.05) is 12.1 Å². The van der Waals surface area contributed by atoms with E-state index in [1.165, 1.54) is 12.1 Å². The molecule has 1 atom stereocenters. The quantitative estimate of drug-likeness (QED) is 0.850. The van der Waals surface area contributed by atoms with Gasteiger partial charge in [-0.3, -0.25) is 4.98 Å². The number of aromatic nitrogens is 1. The largest absolute Gasteiger partial charge is 0.398 e. The van der Waals surface area contributed by atoms with Crippen molar-refractivity contribution in [2.45, 2.75) is 25.8 Å². The zero-order valence-corrected chi connectivity index (χ0v) is 11.6. The summed E-state index contributed by atoms with van der Waals surface area (Å²) >= 11 is 0. The maximum absolute atomic E-state index is 13.0. The molecule has 0 spiro atoms. The molecule has 3 nitrogen and oxygen atoms in total. The van der Waals surface area contributed by atoms with Crippen LogP contribution in [0.3, 0.4) is 0 Å². The highest BCUT2D eigenvalue weighted by atomic mass is 19.1. The Balaban J connectivity index is 2.19. The molecule has 0 bridgehead atoms. The summed E-state index contributed by atoms with van der Waals surface area (Å²) in [4.78, 5) is 4.12. The van der Waals surface area contributed by atoms with Gasteiger partial charge in [0.05, 0.1) is 0 Å². The Morgan fingerprint density at radius 3 is 2.65 bits per heavy atom. The number of anilines is 1. The normalized spacial score (nSPS) is 12.3. The lowest BCUT2D eigenvalue weighted by molar-refractivity contribution is 0.527. The van der Waals surface area contributed by atoms with Gasteiger partial charge in [0.2, 0.25) is 0 Å². The van der Waals surface area contributed by atoms with Gasteiger partial charge in [-0.05, 0) is 48.7 Å². The molecule has 20 heavy (non-hydrogen) atoms. The van der Waals surface area contributed by atoms with Crippen LogP contribution in [0.2, 0.25) is 0 Å². The van der Waals surface area contributed by atoms with Crippen LogP contribution in [0, 0.1) is 5.82 Å². The van der Waals surface area contributed by atoms with Gasteiger partial charge in [-0.1, -0.05) is 19.1 Å². The molecule has 1 aromatic heterocycles. The molecule has 1 unspecified atom stereocenters. The van der Waals surface area contributed by atoms with Gasteiger partial charge in [0.15, 0.2) is 0 Å². The maximum atomic E-state index is 13.0. The molecule has 0 aliphatic carbocycles. The summed E-state index contributed by atoms with van der Waals surface area (Å²) in [5.74, 6) is -0.219. The number of nitrogens with two attached hydrogens (primary N) is 1. The van der Waals surface area contributed by atoms with E-state index >= 15 is 0 Å². The van der Waals surface area contributed by atoms with Gasteiger partial charge in [-0.2, -0.15) is 0 Å². The number of hydrogen-bond donors (Lipinski definition) is 2. The smallest absolute Gasteiger partial charge is 0.123 e. The van der Waals surface area contributed by atoms with Crippen LogP contribution in [0.5, 0.6) is 0 Å². The van der Waals surface area contributed by atoms with Gasteiger partial charge in [0.1, 0.15) is 5.82 Å². The molecule has 3 N–H and O–H groups in total. The van der Waals surface area contributed by atoms with Crippen LogP contribution in [0.4, 0.5) is 10.1 Å². The van der Waals surface area contributed by atoms with Crippen LogP contribution in [0.25, 0.3) is 0 Å². The first-order chi connectivity index (χ1) is 9.70. The number of pyridine rings is 1. The summed E-state index contributed by atoms with van der Waals surface area (Å²) in [5.41, 5.74) is 8.78.